The molecule has 1 amide bonds. The number of anilines is 1. The van der Waals surface area contributed by atoms with Crippen LogP contribution in [0, 0.1) is 11.2 Å². The lowest BCUT2D eigenvalue weighted by atomic mass is 10.1. The van der Waals surface area contributed by atoms with Crippen molar-refractivity contribution in [2.24, 2.45) is 5.14 Å². The number of halogens is 4. The van der Waals surface area contributed by atoms with Crippen LogP contribution < -0.4 is 15.8 Å². The van der Waals surface area contributed by atoms with E-state index in [2.05, 4.69) is 25.6 Å². The molecule has 0 bridgehead atoms. The van der Waals surface area contributed by atoms with Crippen molar-refractivity contribution in [3.05, 3.63) is 35.3 Å². The first-order chi connectivity index (χ1) is 14.4. The molecular formula is C15H16F4N6O4S2. The van der Waals surface area contributed by atoms with Crippen LogP contribution in [0.2, 0.25) is 0 Å². The lowest BCUT2D eigenvalue weighted by Gasteiger charge is -2.11. The van der Waals surface area contributed by atoms with E-state index in [-0.39, 0.29) is 23.0 Å². The zero-order valence-corrected chi connectivity index (χ0v) is 17.1. The Bertz CT molecular complexity index is 1060. The van der Waals surface area contributed by atoms with E-state index in [4.69, 9.17) is 10.5 Å². The maximum atomic E-state index is 13.4. The van der Waals surface area contributed by atoms with Crippen LogP contribution >= 0.6 is 11.8 Å². The van der Waals surface area contributed by atoms with Gasteiger partial charge in [-0.1, -0.05) is 0 Å². The average Bonchev–Trinajstić information content (AvgIpc) is 3.09. The highest BCUT2D eigenvalue weighted by atomic mass is 32.2. The van der Waals surface area contributed by atoms with Crippen LogP contribution in [0.4, 0.5) is 23.2 Å². The highest BCUT2D eigenvalue weighted by Crippen LogP contribution is 2.33. The Balaban J connectivity index is 1.90. The van der Waals surface area contributed by atoms with Gasteiger partial charge in [-0.25, -0.2) is 22.6 Å². The zero-order chi connectivity index (χ0) is 23.2. The Labute approximate surface area is 177 Å². The van der Waals surface area contributed by atoms with Gasteiger partial charge < -0.3 is 10.6 Å². The predicted octanol–water partition coefficient (Wildman–Crippen LogP) is 1.55. The fourth-order valence-electron chi connectivity index (χ4n) is 2.15. The van der Waals surface area contributed by atoms with Crippen molar-refractivity contribution >= 4 is 39.2 Å². The lowest BCUT2D eigenvalue weighted by Crippen LogP contribution is -2.33. The van der Waals surface area contributed by atoms with Crippen molar-refractivity contribution in [3.8, 4) is 0 Å². The van der Waals surface area contributed by atoms with E-state index in [1.165, 1.54) is 0 Å². The molecule has 2 aromatic rings. The van der Waals surface area contributed by atoms with Crippen LogP contribution in [0.1, 0.15) is 17.7 Å². The number of hydrogen-bond donors (Lipinski definition) is 4. The summed E-state index contributed by atoms with van der Waals surface area (Å²) in [6.45, 7) is 0.146. The highest BCUT2D eigenvalue weighted by Gasteiger charge is 2.34. The molecule has 0 aliphatic heterocycles. The minimum Gasteiger partial charge on any atom is -0.355 e. The molecule has 16 heteroatoms. The molecule has 0 aliphatic carbocycles. The number of sulfonamides is 1. The van der Waals surface area contributed by atoms with Gasteiger partial charge in [0.2, 0.25) is 15.9 Å². The summed E-state index contributed by atoms with van der Waals surface area (Å²) in [5, 5.41) is 24.8. The van der Waals surface area contributed by atoms with Gasteiger partial charge in [-0.15, -0.1) is 11.8 Å². The van der Waals surface area contributed by atoms with E-state index in [1.54, 1.807) is 0 Å². The Morgan fingerprint density at radius 3 is 2.65 bits per heavy atom. The summed E-state index contributed by atoms with van der Waals surface area (Å²) in [6.07, 6.45) is -4.51. The number of aromatic nitrogens is 2. The third-order valence-electron chi connectivity index (χ3n) is 3.45. The highest BCUT2D eigenvalue weighted by molar-refractivity contribution is 7.99. The average molecular weight is 484 g/mol. The Kier molecular flexibility index (Phi) is 7.96. The third kappa shape index (κ3) is 7.80. The SMILES string of the molecule is N=C(Nc1ccc(F)c(C(F)(F)F)c1)c1nonc1SCCCNC(=O)CS(N)(=O)=O. The van der Waals surface area contributed by atoms with Crippen LogP contribution in [0.5, 0.6) is 0 Å². The molecule has 0 atom stereocenters. The third-order valence-corrected chi connectivity index (χ3v) is 5.15. The van der Waals surface area contributed by atoms with Crippen LogP contribution in [-0.2, 0) is 21.0 Å². The van der Waals surface area contributed by atoms with Gasteiger partial charge in [-0.05, 0) is 34.9 Å². The second-order valence-electron chi connectivity index (χ2n) is 5.97. The molecule has 1 heterocycles. The molecule has 0 spiro atoms. The largest absolute Gasteiger partial charge is 0.419 e. The van der Waals surface area contributed by atoms with Crippen molar-refractivity contribution < 1.29 is 35.4 Å². The maximum Gasteiger partial charge on any atom is 0.419 e. The van der Waals surface area contributed by atoms with Crippen LogP contribution in [-0.4, -0.2) is 48.5 Å². The standard InChI is InChI=1S/C15H16F4N6O4S2/c16-10-3-2-8(6-9(10)15(17,18)19)23-13(20)12-14(25-29-24-12)30-5-1-4-22-11(26)7-31(21,27)28/h2-3,6H,1,4-5,7H2,(H2,20,23)(H,22,26)(H2,21,27,28). The van der Waals surface area contributed by atoms with Crippen molar-refractivity contribution in [3.63, 3.8) is 0 Å². The summed E-state index contributed by atoms with van der Waals surface area (Å²) in [4.78, 5) is 11.3. The minimum atomic E-state index is -4.90. The molecule has 1 aromatic heterocycles. The summed E-state index contributed by atoms with van der Waals surface area (Å²) in [5.74, 6) is -3.09. The van der Waals surface area contributed by atoms with E-state index < -0.39 is 45.1 Å². The van der Waals surface area contributed by atoms with Crippen LogP contribution in [0.15, 0.2) is 27.9 Å². The number of rotatable bonds is 9. The molecule has 0 radical (unpaired) electrons. The number of nitrogens with two attached hydrogens (primary N) is 1. The number of amidine groups is 1. The van der Waals surface area contributed by atoms with Gasteiger partial charge >= 0.3 is 6.18 Å². The van der Waals surface area contributed by atoms with Gasteiger partial charge in [-0.2, -0.15) is 13.2 Å². The Morgan fingerprint density at radius 2 is 2.00 bits per heavy atom. The van der Waals surface area contributed by atoms with Crippen molar-refractivity contribution in [2.45, 2.75) is 17.6 Å². The maximum absolute atomic E-state index is 13.4. The number of benzene rings is 1. The fraction of sp³-hybridized carbons (Fsp3) is 0.333. The Hall–Kier alpha value is -2.72. The number of carbonyl (C=O) groups is 1. The van der Waals surface area contributed by atoms with Crippen molar-refractivity contribution in [2.75, 3.05) is 23.4 Å². The molecule has 170 valence electrons. The minimum absolute atomic E-state index is 0.0823. The smallest absolute Gasteiger partial charge is 0.355 e. The monoisotopic (exact) mass is 484 g/mol. The normalized spacial score (nSPS) is 11.9. The molecule has 2 rings (SSSR count). The second kappa shape index (κ2) is 10.1. The van der Waals surface area contributed by atoms with Gasteiger partial charge in [-0.3, -0.25) is 10.2 Å². The summed E-state index contributed by atoms with van der Waals surface area (Å²) < 4.78 is 77.9. The number of nitrogens with one attached hydrogen (secondary N) is 3. The lowest BCUT2D eigenvalue weighted by molar-refractivity contribution is -0.140. The van der Waals surface area contributed by atoms with Gasteiger partial charge in [0, 0.05) is 18.0 Å². The van der Waals surface area contributed by atoms with Gasteiger partial charge in [0.25, 0.3) is 0 Å². The molecule has 31 heavy (non-hydrogen) atoms. The first kappa shape index (κ1) is 24.5. The van der Waals surface area contributed by atoms with Crippen molar-refractivity contribution in [1.29, 1.82) is 5.41 Å². The van der Waals surface area contributed by atoms with E-state index >= 15 is 0 Å². The topological polar surface area (TPSA) is 164 Å². The molecule has 0 fully saturated rings. The number of thioether (sulfide) groups is 1. The van der Waals surface area contributed by atoms with Crippen LogP contribution in [0.25, 0.3) is 0 Å². The van der Waals surface area contributed by atoms with Gasteiger partial charge in [0.1, 0.15) is 11.6 Å². The molecule has 10 nitrogen and oxygen atoms in total. The number of nitrogens with zero attached hydrogens (tertiary/aromatic N) is 2. The molecule has 0 unspecified atom stereocenters. The van der Waals surface area contributed by atoms with E-state index in [0.29, 0.717) is 24.3 Å². The summed E-state index contributed by atoms with van der Waals surface area (Å²) in [6, 6.07) is 2.18. The molecule has 0 aliphatic rings. The molecule has 5 N–H and O–H groups in total. The number of primary sulfonamides is 1. The second-order valence-corrected chi connectivity index (χ2v) is 8.67. The number of amides is 1. The van der Waals surface area contributed by atoms with Crippen LogP contribution in [0.3, 0.4) is 0 Å². The van der Waals surface area contributed by atoms with E-state index in [9.17, 15) is 30.8 Å². The van der Waals surface area contributed by atoms with E-state index in [0.717, 1.165) is 17.8 Å². The number of carbonyl (C=O) groups excluding carboxylic acids is 1. The summed E-state index contributed by atoms with van der Waals surface area (Å²) in [5.41, 5.74) is -1.75. The summed E-state index contributed by atoms with van der Waals surface area (Å²) >= 11 is 1.08. The quantitative estimate of drug-likeness (QED) is 0.137. The zero-order valence-electron chi connectivity index (χ0n) is 15.5. The number of alkyl halides is 3. The first-order valence-electron chi connectivity index (χ1n) is 8.32. The van der Waals surface area contributed by atoms with Gasteiger partial charge in [0.15, 0.2) is 16.6 Å². The number of hydrogen-bond acceptors (Lipinski definition) is 8. The Morgan fingerprint density at radius 1 is 1.29 bits per heavy atom. The first-order valence-corrected chi connectivity index (χ1v) is 11.0. The fourth-order valence-corrected chi connectivity index (χ4v) is 3.47. The predicted molar refractivity (Wildman–Crippen MR) is 102 cm³/mol. The van der Waals surface area contributed by atoms with Crippen molar-refractivity contribution in [1.82, 2.24) is 15.6 Å². The van der Waals surface area contributed by atoms with E-state index in [1.807, 2.05) is 0 Å². The molecule has 0 saturated carbocycles. The van der Waals surface area contributed by atoms with Gasteiger partial charge in [0.05, 0.1) is 5.56 Å². The summed E-state index contributed by atoms with van der Waals surface area (Å²) in [7, 11) is -3.92. The molecule has 1 aromatic carbocycles. The molecule has 0 saturated heterocycles. The molecular weight excluding hydrogens is 468 g/mol.